The van der Waals surface area contributed by atoms with Gasteiger partial charge in [0.25, 0.3) is 5.91 Å². The molecule has 0 aromatic heterocycles. The summed E-state index contributed by atoms with van der Waals surface area (Å²) in [6, 6.07) is 7.31. The van der Waals surface area contributed by atoms with E-state index in [1.807, 2.05) is 18.2 Å². The molecule has 18 heavy (non-hydrogen) atoms. The molecule has 0 aliphatic carbocycles. The molecule has 1 heterocycles. The lowest BCUT2D eigenvalue weighted by Crippen LogP contribution is -2.34. The van der Waals surface area contributed by atoms with Crippen molar-refractivity contribution in [2.45, 2.75) is 26.5 Å². The molecule has 0 radical (unpaired) electrons. The van der Waals surface area contributed by atoms with Crippen molar-refractivity contribution in [3.63, 3.8) is 0 Å². The third-order valence-electron chi connectivity index (χ3n) is 3.27. The van der Waals surface area contributed by atoms with Crippen LogP contribution >= 0.6 is 11.6 Å². The summed E-state index contributed by atoms with van der Waals surface area (Å²) in [5.41, 5.74) is 0.109. The van der Waals surface area contributed by atoms with Crippen LogP contribution in [0.5, 0.6) is 0 Å². The smallest absolute Gasteiger partial charge is 0.254 e. The van der Waals surface area contributed by atoms with Gasteiger partial charge in [-0.3, -0.25) is 9.63 Å². The lowest BCUT2D eigenvalue weighted by Gasteiger charge is -2.17. The van der Waals surface area contributed by atoms with Gasteiger partial charge in [0.1, 0.15) is 6.10 Å². The van der Waals surface area contributed by atoms with E-state index in [0.29, 0.717) is 11.6 Å². The molecule has 1 N–H and O–H groups in total. The fraction of sp³-hybridized carbons (Fsp3) is 0.462. The first-order valence-corrected chi connectivity index (χ1v) is 6.17. The summed E-state index contributed by atoms with van der Waals surface area (Å²) in [5.74, 6) is -0.138. The maximum absolute atomic E-state index is 12.2. The number of carbonyl (C=O) groups excluding carboxylic acids is 1. The lowest BCUT2D eigenvalue weighted by atomic mass is 9.87. The first kappa shape index (κ1) is 13.3. The second-order valence-electron chi connectivity index (χ2n) is 4.93. The number of benzene rings is 1. The highest BCUT2D eigenvalue weighted by atomic mass is 35.5. The van der Waals surface area contributed by atoms with Crippen molar-refractivity contribution in [3.8, 4) is 0 Å². The van der Waals surface area contributed by atoms with Crippen molar-refractivity contribution < 1.29 is 14.7 Å². The van der Waals surface area contributed by atoms with E-state index in [1.54, 1.807) is 19.9 Å². The van der Waals surface area contributed by atoms with Gasteiger partial charge in [0, 0.05) is 5.02 Å². The summed E-state index contributed by atoms with van der Waals surface area (Å²) >= 11 is 6.05. The molecule has 0 spiro atoms. The van der Waals surface area contributed by atoms with Gasteiger partial charge >= 0.3 is 0 Å². The van der Waals surface area contributed by atoms with Gasteiger partial charge in [0.2, 0.25) is 0 Å². The zero-order valence-corrected chi connectivity index (χ0v) is 11.1. The van der Waals surface area contributed by atoms with Crippen molar-refractivity contribution in [2.75, 3.05) is 6.61 Å². The summed E-state index contributed by atoms with van der Waals surface area (Å²) < 4.78 is 0. The number of rotatable bonds is 3. The number of halogens is 1. The van der Waals surface area contributed by atoms with Gasteiger partial charge in [-0.05, 0) is 25.5 Å². The molecular formula is C13H16ClNO3. The molecule has 1 amide bonds. The van der Waals surface area contributed by atoms with Crippen LogP contribution in [0.1, 0.15) is 19.4 Å². The SMILES string of the molecule is CC1(C)C(=O)N(Cc2ccccc2Cl)OC1CO. The van der Waals surface area contributed by atoms with E-state index in [0.717, 1.165) is 5.56 Å². The molecule has 1 saturated heterocycles. The molecule has 98 valence electrons. The van der Waals surface area contributed by atoms with Crippen LogP contribution in [0, 0.1) is 5.41 Å². The highest BCUT2D eigenvalue weighted by Gasteiger charge is 2.48. The van der Waals surface area contributed by atoms with Gasteiger partial charge < -0.3 is 5.11 Å². The van der Waals surface area contributed by atoms with E-state index in [2.05, 4.69) is 0 Å². The second kappa shape index (κ2) is 4.88. The average molecular weight is 270 g/mol. The Morgan fingerprint density at radius 1 is 1.44 bits per heavy atom. The first-order chi connectivity index (χ1) is 8.46. The first-order valence-electron chi connectivity index (χ1n) is 5.80. The van der Waals surface area contributed by atoms with E-state index in [9.17, 15) is 9.90 Å². The Bertz CT molecular complexity index is 461. The molecule has 1 aromatic rings. The Hall–Kier alpha value is -1.10. The number of carbonyl (C=O) groups is 1. The second-order valence-corrected chi connectivity index (χ2v) is 5.34. The fourth-order valence-electron chi connectivity index (χ4n) is 1.94. The zero-order chi connectivity index (χ0) is 13.3. The summed E-state index contributed by atoms with van der Waals surface area (Å²) in [7, 11) is 0. The molecular weight excluding hydrogens is 254 g/mol. The quantitative estimate of drug-likeness (QED) is 0.913. The average Bonchev–Trinajstić information content (AvgIpc) is 2.55. The van der Waals surface area contributed by atoms with Crippen LogP contribution in [0.2, 0.25) is 5.02 Å². The summed E-state index contributed by atoms with van der Waals surface area (Å²) in [6.07, 6.45) is -0.507. The molecule has 2 rings (SSSR count). The minimum absolute atomic E-state index is 0.138. The highest BCUT2D eigenvalue weighted by Crippen LogP contribution is 2.35. The molecule has 1 atom stereocenters. The molecule has 1 fully saturated rings. The maximum Gasteiger partial charge on any atom is 0.254 e. The topological polar surface area (TPSA) is 49.8 Å². The Morgan fingerprint density at radius 2 is 2.11 bits per heavy atom. The van der Waals surface area contributed by atoms with Crippen molar-refractivity contribution in [1.29, 1.82) is 0 Å². The van der Waals surface area contributed by atoms with Crippen LogP contribution in [0.4, 0.5) is 0 Å². The molecule has 5 heteroatoms. The normalized spacial score (nSPS) is 22.6. The van der Waals surface area contributed by atoms with Crippen LogP contribution in [0.3, 0.4) is 0 Å². The number of aliphatic hydroxyl groups excluding tert-OH is 1. The Kier molecular flexibility index (Phi) is 3.61. The van der Waals surface area contributed by atoms with Crippen molar-refractivity contribution in [1.82, 2.24) is 5.06 Å². The monoisotopic (exact) mass is 269 g/mol. The van der Waals surface area contributed by atoms with Crippen LogP contribution in [0.25, 0.3) is 0 Å². The molecule has 1 aromatic carbocycles. The number of amides is 1. The molecule has 0 saturated carbocycles. The largest absolute Gasteiger partial charge is 0.394 e. The summed E-state index contributed by atoms with van der Waals surface area (Å²) in [4.78, 5) is 17.6. The molecule has 1 aliphatic heterocycles. The molecule has 1 unspecified atom stereocenters. The van der Waals surface area contributed by atoms with Crippen molar-refractivity contribution >= 4 is 17.5 Å². The fourth-order valence-corrected chi connectivity index (χ4v) is 2.14. The van der Waals surface area contributed by atoms with E-state index in [1.165, 1.54) is 5.06 Å². The number of hydrogen-bond donors (Lipinski definition) is 1. The number of nitrogens with zero attached hydrogens (tertiary/aromatic N) is 1. The van der Waals surface area contributed by atoms with Crippen LogP contribution in [-0.2, 0) is 16.2 Å². The highest BCUT2D eigenvalue weighted by molar-refractivity contribution is 6.31. The van der Waals surface area contributed by atoms with E-state index in [-0.39, 0.29) is 12.5 Å². The summed E-state index contributed by atoms with van der Waals surface area (Å²) in [5, 5.41) is 11.1. The van der Waals surface area contributed by atoms with Crippen molar-refractivity contribution in [2.24, 2.45) is 5.41 Å². The predicted octanol–water partition coefficient (Wildman–Crippen LogP) is 2.00. The number of hydroxylamine groups is 2. The maximum atomic E-state index is 12.2. The van der Waals surface area contributed by atoms with Crippen molar-refractivity contribution in [3.05, 3.63) is 34.9 Å². The van der Waals surface area contributed by atoms with Gasteiger partial charge in [-0.2, -0.15) is 0 Å². The van der Waals surface area contributed by atoms with Gasteiger partial charge in [-0.1, -0.05) is 29.8 Å². The van der Waals surface area contributed by atoms with Crippen LogP contribution in [0.15, 0.2) is 24.3 Å². The number of aliphatic hydroxyl groups is 1. The van der Waals surface area contributed by atoms with E-state index >= 15 is 0 Å². The molecule has 4 nitrogen and oxygen atoms in total. The van der Waals surface area contributed by atoms with E-state index < -0.39 is 11.5 Å². The third kappa shape index (κ3) is 2.23. The minimum atomic E-state index is -0.712. The Morgan fingerprint density at radius 3 is 2.67 bits per heavy atom. The summed E-state index contributed by atoms with van der Waals surface area (Å²) in [6.45, 7) is 3.64. The van der Waals surface area contributed by atoms with Crippen LogP contribution in [-0.4, -0.2) is 28.8 Å². The molecule has 1 aliphatic rings. The standard InChI is InChI=1S/C13H16ClNO3/c1-13(2)11(8-16)18-15(12(13)17)7-9-5-3-4-6-10(9)14/h3-6,11,16H,7-8H2,1-2H3. The number of hydrogen-bond acceptors (Lipinski definition) is 3. The zero-order valence-electron chi connectivity index (χ0n) is 10.4. The third-order valence-corrected chi connectivity index (χ3v) is 3.64. The van der Waals surface area contributed by atoms with Gasteiger partial charge in [-0.15, -0.1) is 0 Å². The van der Waals surface area contributed by atoms with Gasteiger partial charge in [0.05, 0.1) is 18.6 Å². The lowest BCUT2D eigenvalue weighted by molar-refractivity contribution is -0.181. The van der Waals surface area contributed by atoms with Crippen LogP contribution < -0.4 is 0 Å². The molecule has 0 bridgehead atoms. The Labute approximate surface area is 111 Å². The van der Waals surface area contributed by atoms with E-state index in [4.69, 9.17) is 16.4 Å². The van der Waals surface area contributed by atoms with Gasteiger partial charge in [-0.25, -0.2) is 5.06 Å². The minimum Gasteiger partial charge on any atom is -0.394 e. The van der Waals surface area contributed by atoms with Gasteiger partial charge in [0.15, 0.2) is 0 Å². The Balaban J connectivity index is 2.17. The predicted molar refractivity (Wildman–Crippen MR) is 67.7 cm³/mol.